The second kappa shape index (κ2) is 5.23. The molecule has 3 nitrogen and oxygen atoms in total. The molecule has 0 bridgehead atoms. The Bertz CT molecular complexity index is 437. The molecule has 0 radical (unpaired) electrons. The molecule has 1 atom stereocenters. The normalized spacial score (nSPS) is 12.3. The fourth-order valence-electron chi connectivity index (χ4n) is 1.44. The van der Waals surface area contributed by atoms with Gasteiger partial charge in [-0.3, -0.25) is 4.79 Å². The smallest absolute Gasteiger partial charge is 0.270 e. The maximum Gasteiger partial charge on any atom is 0.270 e. The van der Waals surface area contributed by atoms with Crippen LogP contribution in [0.4, 0.5) is 0 Å². The number of nitrogens with one attached hydrogen (secondary N) is 1. The lowest BCUT2D eigenvalue weighted by Crippen LogP contribution is -2.34. The van der Waals surface area contributed by atoms with E-state index in [9.17, 15) is 4.79 Å². The number of thiazole rings is 1. The third-order valence-corrected chi connectivity index (χ3v) is 3.48. The van der Waals surface area contributed by atoms with E-state index in [0.717, 1.165) is 6.42 Å². The zero-order valence-electron chi connectivity index (χ0n) is 8.84. The van der Waals surface area contributed by atoms with E-state index in [0.29, 0.717) is 5.69 Å². The first kappa shape index (κ1) is 11.3. The molecule has 0 saturated heterocycles. The van der Waals surface area contributed by atoms with Gasteiger partial charge < -0.3 is 5.32 Å². The fourth-order valence-corrected chi connectivity index (χ4v) is 2.65. The van der Waals surface area contributed by atoms with E-state index in [1.165, 1.54) is 16.9 Å². The molecule has 0 spiro atoms. The molecule has 1 amide bonds. The molecule has 16 heavy (non-hydrogen) atoms. The number of aromatic nitrogens is 1. The molecule has 0 fully saturated rings. The van der Waals surface area contributed by atoms with Crippen LogP contribution < -0.4 is 5.32 Å². The van der Waals surface area contributed by atoms with Crippen molar-refractivity contribution in [2.75, 3.05) is 0 Å². The zero-order valence-corrected chi connectivity index (χ0v) is 10.5. The highest BCUT2D eigenvalue weighted by Crippen LogP contribution is 2.09. The average molecular weight is 252 g/mol. The second-order valence-corrected chi connectivity index (χ2v) is 5.08. The topological polar surface area (TPSA) is 42.0 Å². The van der Waals surface area contributed by atoms with Crippen LogP contribution in [0.3, 0.4) is 0 Å². The summed E-state index contributed by atoms with van der Waals surface area (Å²) in [5.41, 5.74) is 3.43. The van der Waals surface area contributed by atoms with Gasteiger partial charge >= 0.3 is 0 Å². The summed E-state index contributed by atoms with van der Waals surface area (Å²) in [6.45, 7) is 2.00. The number of carbonyl (C=O) groups is 1. The lowest BCUT2D eigenvalue weighted by atomic mass is 10.1. The molecule has 0 aliphatic carbocycles. The van der Waals surface area contributed by atoms with Gasteiger partial charge in [-0.2, -0.15) is 11.3 Å². The van der Waals surface area contributed by atoms with Crippen molar-refractivity contribution in [2.24, 2.45) is 0 Å². The first-order chi connectivity index (χ1) is 7.75. The first-order valence-corrected chi connectivity index (χ1v) is 6.84. The largest absolute Gasteiger partial charge is 0.348 e. The third-order valence-electron chi connectivity index (χ3n) is 2.16. The monoisotopic (exact) mass is 252 g/mol. The van der Waals surface area contributed by atoms with Crippen LogP contribution in [-0.4, -0.2) is 16.9 Å². The predicted molar refractivity (Wildman–Crippen MR) is 67.1 cm³/mol. The molecule has 0 aliphatic rings. The Balaban J connectivity index is 1.88. The fraction of sp³-hybridized carbons (Fsp3) is 0.273. The Labute approximate surface area is 102 Å². The van der Waals surface area contributed by atoms with Gasteiger partial charge in [-0.15, -0.1) is 11.3 Å². The summed E-state index contributed by atoms with van der Waals surface area (Å²) in [5.74, 6) is -0.0935. The Morgan fingerprint density at radius 2 is 2.38 bits per heavy atom. The maximum absolute atomic E-state index is 11.7. The van der Waals surface area contributed by atoms with Gasteiger partial charge in [-0.05, 0) is 35.7 Å². The molecular formula is C11H12N2OS2. The van der Waals surface area contributed by atoms with Crippen LogP contribution in [0.25, 0.3) is 0 Å². The lowest BCUT2D eigenvalue weighted by molar-refractivity contribution is 0.0936. The van der Waals surface area contributed by atoms with Crippen molar-refractivity contribution in [3.05, 3.63) is 39.0 Å². The molecule has 2 heterocycles. The van der Waals surface area contributed by atoms with Crippen LogP contribution in [-0.2, 0) is 6.42 Å². The quantitative estimate of drug-likeness (QED) is 0.908. The van der Waals surface area contributed by atoms with Gasteiger partial charge in [0, 0.05) is 11.4 Å². The van der Waals surface area contributed by atoms with Gasteiger partial charge in [0.25, 0.3) is 5.91 Å². The molecule has 2 aromatic heterocycles. The average Bonchev–Trinajstić information content (AvgIpc) is 2.88. The van der Waals surface area contributed by atoms with Gasteiger partial charge in [0.1, 0.15) is 5.69 Å². The van der Waals surface area contributed by atoms with Crippen molar-refractivity contribution in [2.45, 2.75) is 19.4 Å². The molecule has 1 unspecified atom stereocenters. The van der Waals surface area contributed by atoms with Gasteiger partial charge in [0.05, 0.1) is 5.51 Å². The van der Waals surface area contributed by atoms with Crippen LogP contribution in [0.5, 0.6) is 0 Å². The zero-order chi connectivity index (χ0) is 11.4. The first-order valence-electron chi connectivity index (χ1n) is 4.96. The van der Waals surface area contributed by atoms with E-state index in [1.54, 1.807) is 22.2 Å². The van der Waals surface area contributed by atoms with E-state index < -0.39 is 0 Å². The van der Waals surface area contributed by atoms with Gasteiger partial charge in [0.15, 0.2) is 0 Å². The lowest BCUT2D eigenvalue weighted by Gasteiger charge is -2.11. The van der Waals surface area contributed by atoms with Crippen LogP contribution in [0.2, 0.25) is 0 Å². The van der Waals surface area contributed by atoms with E-state index in [1.807, 2.05) is 12.3 Å². The molecule has 1 N–H and O–H groups in total. The minimum atomic E-state index is -0.0935. The predicted octanol–water partition coefficient (Wildman–Crippen LogP) is 2.57. The van der Waals surface area contributed by atoms with Crippen molar-refractivity contribution < 1.29 is 4.79 Å². The number of carbonyl (C=O) groups excluding carboxylic acids is 1. The van der Waals surface area contributed by atoms with Crippen molar-refractivity contribution in [1.29, 1.82) is 0 Å². The second-order valence-electron chi connectivity index (χ2n) is 3.58. The summed E-state index contributed by atoms with van der Waals surface area (Å²) in [5, 5.41) is 8.84. The minimum absolute atomic E-state index is 0.0935. The van der Waals surface area contributed by atoms with Crippen molar-refractivity contribution in [3.8, 4) is 0 Å². The molecule has 2 rings (SSSR count). The molecule has 84 valence electrons. The van der Waals surface area contributed by atoms with Crippen molar-refractivity contribution >= 4 is 28.6 Å². The highest BCUT2D eigenvalue weighted by molar-refractivity contribution is 7.08. The van der Waals surface area contributed by atoms with Crippen LogP contribution in [0.15, 0.2) is 27.7 Å². The molecule has 5 heteroatoms. The van der Waals surface area contributed by atoms with Crippen LogP contribution >= 0.6 is 22.7 Å². The number of amides is 1. The maximum atomic E-state index is 11.7. The highest BCUT2D eigenvalue weighted by atomic mass is 32.1. The van der Waals surface area contributed by atoms with Crippen LogP contribution in [0, 0.1) is 0 Å². The summed E-state index contributed by atoms with van der Waals surface area (Å²) in [6, 6.07) is 2.21. The summed E-state index contributed by atoms with van der Waals surface area (Å²) < 4.78 is 0. The SMILES string of the molecule is CC(Cc1ccsc1)NC(=O)c1cscn1. The number of hydrogen-bond acceptors (Lipinski definition) is 4. The van der Waals surface area contributed by atoms with Gasteiger partial charge in [-0.1, -0.05) is 0 Å². The number of thiophene rings is 1. The molecular weight excluding hydrogens is 240 g/mol. The summed E-state index contributed by atoms with van der Waals surface area (Å²) >= 11 is 3.10. The van der Waals surface area contributed by atoms with Crippen molar-refractivity contribution in [1.82, 2.24) is 10.3 Å². The highest BCUT2D eigenvalue weighted by Gasteiger charge is 2.11. The van der Waals surface area contributed by atoms with Crippen molar-refractivity contribution in [3.63, 3.8) is 0 Å². The minimum Gasteiger partial charge on any atom is -0.348 e. The Hall–Kier alpha value is -1.20. The molecule has 0 saturated carbocycles. The Morgan fingerprint density at radius 3 is 3.00 bits per heavy atom. The van der Waals surface area contributed by atoms with Crippen LogP contribution in [0.1, 0.15) is 23.0 Å². The van der Waals surface area contributed by atoms with E-state index in [-0.39, 0.29) is 11.9 Å². The van der Waals surface area contributed by atoms with E-state index in [4.69, 9.17) is 0 Å². The number of nitrogens with zero attached hydrogens (tertiary/aromatic N) is 1. The summed E-state index contributed by atoms with van der Waals surface area (Å²) in [4.78, 5) is 15.7. The Kier molecular flexibility index (Phi) is 3.69. The van der Waals surface area contributed by atoms with Gasteiger partial charge in [-0.25, -0.2) is 4.98 Å². The Morgan fingerprint density at radius 1 is 1.50 bits per heavy atom. The summed E-state index contributed by atoms with van der Waals surface area (Å²) in [6.07, 6.45) is 0.860. The molecule has 0 aliphatic heterocycles. The molecule has 2 aromatic rings. The number of hydrogen-bond donors (Lipinski definition) is 1. The number of rotatable bonds is 4. The van der Waals surface area contributed by atoms with E-state index >= 15 is 0 Å². The summed E-state index contributed by atoms with van der Waals surface area (Å²) in [7, 11) is 0. The standard InChI is InChI=1S/C11H12N2OS2/c1-8(4-9-2-3-15-5-9)13-11(14)10-6-16-7-12-10/h2-3,5-8H,4H2,1H3,(H,13,14). The van der Waals surface area contributed by atoms with E-state index in [2.05, 4.69) is 21.7 Å². The molecule has 0 aromatic carbocycles. The van der Waals surface area contributed by atoms with Gasteiger partial charge in [0.2, 0.25) is 0 Å². The third kappa shape index (κ3) is 2.90.